The van der Waals surface area contributed by atoms with Crippen molar-refractivity contribution in [1.82, 2.24) is 9.80 Å². The lowest BCUT2D eigenvalue weighted by Crippen LogP contribution is -2.50. The molecule has 0 aromatic heterocycles. The van der Waals surface area contributed by atoms with Crippen LogP contribution in [-0.2, 0) is 9.59 Å². The highest BCUT2D eigenvalue weighted by Crippen LogP contribution is 2.17. The molecule has 6 nitrogen and oxygen atoms in total. The molecule has 3 N–H and O–H groups in total. The number of nitrogens with two attached hydrogens (primary N) is 1. The van der Waals surface area contributed by atoms with Gasteiger partial charge in [0.25, 0.3) is 0 Å². The number of piperazine rings is 1. The van der Waals surface area contributed by atoms with Crippen molar-refractivity contribution in [3.8, 4) is 0 Å². The van der Waals surface area contributed by atoms with Crippen LogP contribution in [0.1, 0.15) is 17.5 Å². The van der Waals surface area contributed by atoms with Crippen molar-refractivity contribution in [1.29, 1.82) is 0 Å². The number of carbonyl (C=O) groups is 2. The normalized spacial score (nSPS) is 14.9. The first kappa shape index (κ1) is 20.4. The van der Waals surface area contributed by atoms with E-state index in [2.05, 4.69) is 10.2 Å². The van der Waals surface area contributed by atoms with Crippen LogP contribution in [-0.4, -0.2) is 60.9 Å². The second-order valence-electron chi connectivity index (χ2n) is 5.99. The molecule has 2 amide bonds. The molecule has 1 heterocycles. The van der Waals surface area contributed by atoms with Crippen LogP contribution < -0.4 is 11.1 Å². The molecule has 0 saturated carbocycles. The van der Waals surface area contributed by atoms with Gasteiger partial charge in [-0.3, -0.25) is 14.5 Å². The molecule has 0 radical (unpaired) electrons. The second kappa shape index (κ2) is 9.61. The first-order valence-corrected chi connectivity index (χ1v) is 8.07. The summed E-state index contributed by atoms with van der Waals surface area (Å²) in [5.41, 5.74) is 8.54. The fourth-order valence-corrected chi connectivity index (χ4v) is 2.72. The summed E-state index contributed by atoms with van der Waals surface area (Å²) < 4.78 is 0. The zero-order valence-electron chi connectivity index (χ0n) is 14.4. The number of amides is 2. The van der Waals surface area contributed by atoms with Crippen LogP contribution in [0.25, 0.3) is 0 Å². The van der Waals surface area contributed by atoms with E-state index in [4.69, 9.17) is 5.73 Å². The Hall–Kier alpha value is -1.63. The molecular formula is C17H27ClN4O2. The zero-order valence-corrected chi connectivity index (χ0v) is 15.2. The minimum absolute atomic E-state index is 0. The van der Waals surface area contributed by atoms with Crippen molar-refractivity contribution in [3.63, 3.8) is 0 Å². The lowest BCUT2D eigenvalue weighted by atomic mass is 10.1. The van der Waals surface area contributed by atoms with Crippen LogP contribution in [0.15, 0.2) is 18.2 Å². The molecule has 0 atom stereocenters. The predicted octanol–water partition coefficient (Wildman–Crippen LogP) is 1.16. The van der Waals surface area contributed by atoms with Crippen LogP contribution in [0.4, 0.5) is 5.69 Å². The number of halogens is 1. The van der Waals surface area contributed by atoms with E-state index < -0.39 is 0 Å². The van der Waals surface area contributed by atoms with Gasteiger partial charge in [-0.25, -0.2) is 0 Å². The third kappa shape index (κ3) is 5.47. The van der Waals surface area contributed by atoms with E-state index in [1.807, 2.05) is 36.9 Å². The van der Waals surface area contributed by atoms with Gasteiger partial charge < -0.3 is 16.0 Å². The average molecular weight is 355 g/mol. The molecule has 24 heavy (non-hydrogen) atoms. The summed E-state index contributed by atoms with van der Waals surface area (Å²) >= 11 is 0. The monoisotopic (exact) mass is 354 g/mol. The Bertz CT molecular complexity index is 572. The van der Waals surface area contributed by atoms with Gasteiger partial charge in [-0.05, 0) is 31.0 Å². The van der Waals surface area contributed by atoms with Gasteiger partial charge >= 0.3 is 0 Å². The Morgan fingerprint density at radius 3 is 2.46 bits per heavy atom. The van der Waals surface area contributed by atoms with E-state index in [0.29, 0.717) is 32.6 Å². The number of aryl methyl sites for hydroxylation is 1. The van der Waals surface area contributed by atoms with Gasteiger partial charge in [0.05, 0.1) is 6.54 Å². The molecule has 1 aromatic rings. The minimum Gasteiger partial charge on any atom is -0.340 e. The first-order valence-electron chi connectivity index (χ1n) is 8.07. The van der Waals surface area contributed by atoms with Crippen molar-refractivity contribution >= 4 is 29.9 Å². The van der Waals surface area contributed by atoms with Gasteiger partial charge in [0, 0.05) is 44.8 Å². The number of nitrogens with one attached hydrogen (secondary N) is 1. The van der Waals surface area contributed by atoms with Crippen molar-refractivity contribution < 1.29 is 9.59 Å². The summed E-state index contributed by atoms with van der Waals surface area (Å²) in [6, 6.07) is 5.89. The predicted molar refractivity (Wildman–Crippen MR) is 98.5 cm³/mol. The van der Waals surface area contributed by atoms with E-state index in [1.54, 1.807) is 0 Å². The van der Waals surface area contributed by atoms with Gasteiger partial charge in [-0.15, -0.1) is 12.4 Å². The first-order chi connectivity index (χ1) is 11.0. The van der Waals surface area contributed by atoms with Crippen LogP contribution in [0.2, 0.25) is 0 Å². The minimum atomic E-state index is -0.0135. The van der Waals surface area contributed by atoms with Gasteiger partial charge in [0.1, 0.15) is 0 Å². The number of hydrogen-bond acceptors (Lipinski definition) is 4. The van der Waals surface area contributed by atoms with E-state index >= 15 is 0 Å². The van der Waals surface area contributed by atoms with Gasteiger partial charge in [0.15, 0.2) is 0 Å². The standard InChI is InChI=1S/C17H26N4O2.ClH/c1-13-4-3-5-15(14(13)2)19-16(22)12-20-8-10-21(11-9-20)17(23)6-7-18;/h3-5H,6-12,18H2,1-2H3,(H,19,22);1H. The number of hydrogen-bond donors (Lipinski definition) is 2. The highest BCUT2D eigenvalue weighted by molar-refractivity contribution is 5.93. The molecule has 1 fully saturated rings. The smallest absolute Gasteiger partial charge is 0.238 e. The highest BCUT2D eigenvalue weighted by atomic mass is 35.5. The van der Waals surface area contributed by atoms with E-state index in [0.717, 1.165) is 29.9 Å². The maximum absolute atomic E-state index is 12.2. The summed E-state index contributed by atoms with van der Waals surface area (Å²) in [5, 5.41) is 2.97. The Labute approximate surface area is 149 Å². The molecule has 1 aliphatic heterocycles. The van der Waals surface area contributed by atoms with Crippen LogP contribution in [0.5, 0.6) is 0 Å². The molecule has 0 aliphatic carbocycles. The highest BCUT2D eigenvalue weighted by Gasteiger charge is 2.22. The van der Waals surface area contributed by atoms with Crippen molar-refractivity contribution in [2.45, 2.75) is 20.3 Å². The number of nitrogens with zero attached hydrogens (tertiary/aromatic N) is 2. The number of carbonyl (C=O) groups excluding carboxylic acids is 2. The Balaban J connectivity index is 0.00000288. The Kier molecular flexibility index (Phi) is 8.18. The number of benzene rings is 1. The lowest BCUT2D eigenvalue weighted by Gasteiger charge is -2.34. The lowest BCUT2D eigenvalue weighted by molar-refractivity contribution is -0.132. The molecule has 0 bridgehead atoms. The molecule has 1 aromatic carbocycles. The van der Waals surface area contributed by atoms with Gasteiger partial charge in [0.2, 0.25) is 11.8 Å². The van der Waals surface area contributed by atoms with Crippen molar-refractivity contribution in [2.75, 3.05) is 44.6 Å². The molecule has 1 saturated heterocycles. The molecule has 134 valence electrons. The zero-order chi connectivity index (χ0) is 16.8. The summed E-state index contributed by atoms with van der Waals surface area (Å²) in [4.78, 5) is 27.9. The number of rotatable bonds is 5. The summed E-state index contributed by atoms with van der Waals surface area (Å²) in [6.45, 7) is 7.54. The molecule has 0 spiro atoms. The average Bonchev–Trinajstić information content (AvgIpc) is 2.53. The Morgan fingerprint density at radius 2 is 1.83 bits per heavy atom. The third-order valence-corrected chi connectivity index (χ3v) is 4.33. The summed E-state index contributed by atoms with van der Waals surface area (Å²) in [6.07, 6.45) is 0.396. The molecule has 0 unspecified atom stereocenters. The molecule has 2 rings (SSSR count). The van der Waals surface area contributed by atoms with Crippen LogP contribution in [0.3, 0.4) is 0 Å². The SMILES string of the molecule is Cc1cccc(NC(=O)CN2CCN(C(=O)CCN)CC2)c1C.Cl. The largest absolute Gasteiger partial charge is 0.340 e. The van der Waals surface area contributed by atoms with E-state index in [1.165, 1.54) is 0 Å². The quantitative estimate of drug-likeness (QED) is 0.831. The fourth-order valence-electron chi connectivity index (χ4n) is 2.72. The van der Waals surface area contributed by atoms with Crippen LogP contribution >= 0.6 is 12.4 Å². The van der Waals surface area contributed by atoms with E-state index in [-0.39, 0.29) is 24.2 Å². The summed E-state index contributed by atoms with van der Waals surface area (Å²) in [7, 11) is 0. The summed E-state index contributed by atoms with van der Waals surface area (Å²) in [5.74, 6) is 0.0902. The maximum Gasteiger partial charge on any atom is 0.238 e. The molecular weight excluding hydrogens is 328 g/mol. The number of anilines is 1. The van der Waals surface area contributed by atoms with Gasteiger partial charge in [-0.1, -0.05) is 12.1 Å². The van der Waals surface area contributed by atoms with Crippen LogP contribution in [0, 0.1) is 13.8 Å². The van der Waals surface area contributed by atoms with Crippen molar-refractivity contribution in [3.05, 3.63) is 29.3 Å². The van der Waals surface area contributed by atoms with Gasteiger partial charge in [-0.2, -0.15) is 0 Å². The Morgan fingerprint density at radius 1 is 1.17 bits per heavy atom. The maximum atomic E-state index is 12.2. The molecule has 7 heteroatoms. The molecule has 1 aliphatic rings. The third-order valence-electron chi connectivity index (χ3n) is 4.33. The fraction of sp³-hybridized carbons (Fsp3) is 0.529. The van der Waals surface area contributed by atoms with Crippen molar-refractivity contribution in [2.24, 2.45) is 5.73 Å². The topological polar surface area (TPSA) is 78.7 Å². The van der Waals surface area contributed by atoms with E-state index in [9.17, 15) is 9.59 Å². The second-order valence-corrected chi connectivity index (χ2v) is 5.99.